The smallest absolute Gasteiger partial charge is 0.260 e. The average molecular weight is 459 g/mol. The molecule has 1 saturated heterocycles. The van der Waals surface area contributed by atoms with Crippen molar-refractivity contribution in [1.29, 1.82) is 10.7 Å². The summed E-state index contributed by atoms with van der Waals surface area (Å²) in [4.78, 5) is 17.6. The van der Waals surface area contributed by atoms with Gasteiger partial charge in [-0.25, -0.2) is 9.29 Å². The fourth-order valence-corrected chi connectivity index (χ4v) is 3.81. The van der Waals surface area contributed by atoms with Gasteiger partial charge in [0.1, 0.15) is 17.3 Å². The number of nitrogens with zero attached hydrogens (tertiary/aromatic N) is 4. The number of nitriles is 1. The predicted molar refractivity (Wildman–Crippen MR) is 120 cm³/mol. The molecule has 2 aromatic carbocycles. The van der Waals surface area contributed by atoms with Crippen LogP contribution < -0.4 is 15.4 Å². The molecule has 0 aliphatic carbocycles. The molecule has 1 heterocycles. The Labute approximate surface area is 191 Å². The first-order chi connectivity index (χ1) is 15.3. The van der Waals surface area contributed by atoms with E-state index in [4.69, 9.17) is 27.5 Å². The van der Waals surface area contributed by atoms with Gasteiger partial charge in [-0.05, 0) is 42.8 Å². The zero-order valence-corrected chi connectivity index (χ0v) is 18.3. The van der Waals surface area contributed by atoms with Crippen molar-refractivity contribution in [3.8, 4) is 11.9 Å². The number of guanidine groups is 1. The van der Waals surface area contributed by atoms with Crippen LogP contribution in [0.4, 0.5) is 10.1 Å². The zero-order valence-electron chi connectivity index (χ0n) is 17.6. The first-order valence-electron chi connectivity index (χ1n) is 10.0. The number of piperazine rings is 1. The first kappa shape index (κ1) is 23.3. The SMILES string of the molecule is C[C@@H]1CN(Cc2ccc(F)cc2)CCN1C(=O)COc1ccc(Cl)cc1N(C#N)C(=N)N. The number of benzene rings is 2. The molecular formula is C22H24ClFN6O2. The van der Waals surface area contributed by atoms with Crippen molar-refractivity contribution in [3.05, 3.63) is 58.9 Å². The molecule has 0 aromatic heterocycles. The average Bonchev–Trinajstić information content (AvgIpc) is 2.75. The van der Waals surface area contributed by atoms with E-state index in [9.17, 15) is 14.4 Å². The monoisotopic (exact) mass is 458 g/mol. The minimum absolute atomic E-state index is 0.0298. The normalized spacial score (nSPS) is 16.3. The summed E-state index contributed by atoms with van der Waals surface area (Å²) in [6, 6.07) is 10.9. The molecule has 1 aliphatic heterocycles. The summed E-state index contributed by atoms with van der Waals surface area (Å²) in [7, 11) is 0. The lowest BCUT2D eigenvalue weighted by Crippen LogP contribution is -2.54. The Hall–Kier alpha value is -3.35. The molecule has 1 amide bonds. The number of anilines is 1. The van der Waals surface area contributed by atoms with Gasteiger partial charge in [0.2, 0.25) is 5.96 Å². The van der Waals surface area contributed by atoms with E-state index in [-0.39, 0.29) is 35.8 Å². The fourth-order valence-electron chi connectivity index (χ4n) is 3.64. The first-order valence-corrected chi connectivity index (χ1v) is 10.4. The highest BCUT2D eigenvalue weighted by Gasteiger charge is 2.28. The quantitative estimate of drug-likeness (QED) is 0.298. The van der Waals surface area contributed by atoms with E-state index in [1.54, 1.807) is 29.3 Å². The summed E-state index contributed by atoms with van der Waals surface area (Å²) in [5.74, 6) is -0.715. The molecule has 0 spiro atoms. The summed E-state index contributed by atoms with van der Waals surface area (Å²) in [5.41, 5.74) is 6.66. The number of nitrogens with two attached hydrogens (primary N) is 1. The van der Waals surface area contributed by atoms with Crippen molar-refractivity contribution in [1.82, 2.24) is 9.80 Å². The summed E-state index contributed by atoms with van der Waals surface area (Å²) < 4.78 is 18.8. The van der Waals surface area contributed by atoms with Crippen molar-refractivity contribution >= 4 is 29.2 Å². The molecule has 0 bridgehead atoms. The molecule has 8 nitrogen and oxygen atoms in total. The van der Waals surface area contributed by atoms with E-state index in [0.29, 0.717) is 31.2 Å². The molecule has 3 N–H and O–H groups in total. The van der Waals surface area contributed by atoms with Crippen molar-refractivity contribution in [2.45, 2.75) is 19.5 Å². The van der Waals surface area contributed by atoms with E-state index in [2.05, 4.69) is 4.90 Å². The molecule has 1 fully saturated rings. The van der Waals surface area contributed by atoms with Gasteiger partial charge in [-0.1, -0.05) is 23.7 Å². The number of hydrogen-bond acceptors (Lipinski definition) is 5. The largest absolute Gasteiger partial charge is 0.482 e. The minimum atomic E-state index is -0.489. The van der Waals surface area contributed by atoms with Crippen LogP contribution in [0.3, 0.4) is 0 Å². The molecule has 168 valence electrons. The molecule has 1 aliphatic rings. The van der Waals surface area contributed by atoms with Crippen molar-refractivity contribution in [2.75, 3.05) is 31.1 Å². The van der Waals surface area contributed by atoms with Crippen LogP contribution >= 0.6 is 11.6 Å². The second kappa shape index (κ2) is 10.3. The molecular weight excluding hydrogens is 435 g/mol. The third-order valence-corrected chi connectivity index (χ3v) is 5.44. The number of carbonyl (C=O) groups excluding carboxylic acids is 1. The molecule has 0 saturated carbocycles. The van der Waals surface area contributed by atoms with Crippen LogP contribution in [0.2, 0.25) is 5.02 Å². The highest BCUT2D eigenvalue weighted by atomic mass is 35.5. The number of rotatable bonds is 6. The minimum Gasteiger partial charge on any atom is -0.482 e. The maximum absolute atomic E-state index is 13.1. The lowest BCUT2D eigenvalue weighted by molar-refractivity contribution is -0.137. The van der Waals surface area contributed by atoms with Crippen LogP contribution in [-0.4, -0.2) is 53.9 Å². The zero-order chi connectivity index (χ0) is 23.3. The van der Waals surface area contributed by atoms with Crippen LogP contribution in [0.1, 0.15) is 12.5 Å². The molecule has 3 rings (SSSR count). The van der Waals surface area contributed by atoms with Gasteiger partial charge in [-0.15, -0.1) is 0 Å². The van der Waals surface area contributed by atoms with Gasteiger partial charge in [-0.2, -0.15) is 5.26 Å². The van der Waals surface area contributed by atoms with Gasteiger partial charge < -0.3 is 15.4 Å². The lowest BCUT2D eigenvalue weighted by Gasteiger charge is -2.40. The highest BCUT2D eigenvalue weighted by Crippen LogP contribution is 2.31. The Morgan fingerprint density at radius 2 is 2.06 bits per heavy atom. The molecule has 32 heavy (non-hydrogen) atoms. The maximum atomic E-state index is 13.1. The topological polar surface area (TPSA) is 110 Å². The second-order valence-electron chi connectivity index (χ2n) is 7.52. The molecule has 0 unspecified atom stereocenters. The van der Waals surface area contributed by atoms with Crippen LogP contribution in [-0.2, 0) is 11.3 Å². The lowest BCUT2D eigenvalue weighted by atomic mass is 10.1. The fraction of sp³-hybridized carbons (Fsp3) is 0.318. The van der Waals surface area contributed by atoms with Crippen LogP contribution in [0.5, 0.6) is 5.75 Å². The van der Waals surface area contributed by atoms with Gasteiger partial charge in [0.05, 0.1) is 0 Å². The third-order valence-electron chi connectivity index (χ3n) is 5.21. The summed E-state index contributed by atoms with van der Waals surface area (Å²) in [6.07, 6.45) is 1.79. The summed E-state index contributed by atoms with van der Waals surface area (Å²) in [6.45, 7) is 4.33. The number of halogens is 2. The number of nitrogens with one attached hydrogen (secondary N) is 1. The second-order valence-corrected chi connectivity index (χ2v) is 7.96. The van der Waals surface area contributed by atoms with Gasteiger partial charge >= 0.3 is 0 Å². The Balaban J connectivity index is 1.60. The van der Waals surface area contributed by atoms with Crippen molar-refractivity contribution < 1.29 is 13.9 Å². The van der Waals surface area contributed by atoms with Gasteiger partial charge in [0.15, 0.2) is 12.8 Å². The summed E-state index contributed by atoms with van der Waals surface area (Å²) >= 11 is 6.00. The van der Waals surface area contributed by atoms with E-state index < -0.39 is 5.96 Å². The molecule has 0 radical (unpaired) electrons. The van der Waals surface area contributed by atoms with Crippen LogP contribution in [0, 0.1) is 22.7 Å². The molecule has 2 aromatic rings. The standard InChI is InChI=1S/C22H24ClFN6O2/c1-15-11-28(12-16-2-5-18(24)6-3-16)8-9-29(15)21(31)13-32-20-7-4-17(23)10-19(20)30(14-25)22(26)27/h2-7,10,15H,8-9,11-13H2,1H3,(H3,26,27)/t15-/m1/s1. The molecule has 10 heteroatoms. The maximum Gasteiger partial charge on any atom is 0.260 e. The van der Waals surface area contributed by atoms with Crippen LogP contribution in [0.15, 0.2) is 42.5 Å². The Morgan fingerprint density at radius 3 is 2.69 bits per heavy atom. The number of amides is 1. The number of hydrogen-bond donors (Lipinski definition) is 2. The van der Waals surface area contributed by atoms with E-state index in [0.717, 1.165) is 10.5 Å². The highest BCUT2D eigenvalue weighted by molar-refractivity contribution is 6.31. The van der Waals surface area contributed by atoms with Gasteiger partial charge in [0, 0.05) is 37.2 Å². The third kappa shape index (κ3) is 5.66. The summed E-state index contributed by atoms with van der Waals surface area (Å²) in [5, 5.41) is 17.2. The Morgan fingerprint density at radius 1 is 1.34 bits per heavy atom. The molecule has 1 atom stereocenters. The predicted octanol–water partition coefficient (Wildman–Crippen LogP) is 2.77. The Bertz CT molecular complexity index is 1030. The Kier molecular flexibility index (Phi) is 7.51. The number of carbonyl (C=O) groups is 1. The van der Waals surface area contributed by atoms with Crippen molar-refractivity contribution in [3.63, 3.8) is 0 Å². The van der Waals surface area contributed by atoms with Gasteiger partial charge in [0.25, 0.3) is 5.91 Å². The van der Waals surface area contributed by atoms with E-state index in [1.807, 2.05) is 6.92 Å². The van der Waals surface area contributed by atoms with E-state index in [1.165, 1.54) is 24.3 Å². The number of ether oxygens (including phenoxy) is 1. The van der Waals surface area contributed by atoms with Gasteiger partial charge in [-0.3, -0.25) is 15.1 Å². The van der Waals surface area contributed by atoms with Crippen LogP contribution in [0.25, 0.3) is 0 Å². The van der Waals surface area contributed by atoms with Crippen molar-refractivity contribution in [2.24, 2.45) is 5.73 Å². The van der Waals surface area contributed by atoms with E-state index >= 15 is 0 Å².